The van der Waals surface area contributed by atoms with Gasteiger partial charge in [0.2, 0.25) is 5.91 Å². The third kappa shape index (κ3) is 7.01. The number of anilines is 2. The molecule has 7 nitrogen and oxygen atoms in total. The van der Waals surface area contributed by atoms with Gasteiger partial charge in [0.15, 0.2) is 5.78 Å². The summed E-state index contributed by atoms with van der Waals surface area (Å²) in [6, 6.07) is 22.3. The largest absolute Gasteiger partial charge is 1.00 e. The first-order valence-electron chi connectivity index (χ1n) is 11.7. The monoisotopic (exact) mass is 510 g/mol. The maximum atomic E-state index is 12.9. The van der Waals surface area contributed by atoms with Crippen LogP contribution in [0.3, 0.4) is 0 Å². The van der Waals surface area contributed by atoms with Crippen LogP contribution >= 0.6 is 0 Å². The zero-order valence-corrected chi connectivity index (χ0v) is 21.1. The topological polar surface area (TPSA) is 112 Å². The van der Waals surface area contributed by atoms with Crippen LogP contribution in [0.1, 0.15) is 59.1 Å². The molecule has 3 aromatic carbocycles. The summed E-state index contributed by atoms with van der Waals surface area (Å²) in [6.07, 6.45) is -0.219. The highest BCUT2D eigenvalue weighted by molar-refractivity contribution is 6.07. The van der Waals surface area contributed by atoms with Gasteiger partial charge in [-0.2, -0.15) is 0 Å². The molecule has 0 saturated carbocycles. The minimum Gasteiger partial charge on any atom is -1.00 e. The Hall–Kier alpha value is -3.52. The lowest BCUT2D eigenvalue weighted by molar-refractivity contribution is -0.693. The van der Waals surface area contributed by atoms with Crippen LogP contribution in [-0.4, -0.2) is 40.5 Å². The van der Waals surface area contributed by atoms with Crippen LogP contribution in [0.15, 0.2) is 78.9 Å². The summed E-state index contributed by atoms with van der Waals surface area (Å²) < 4.78 is 0. The molecular weight excluding hydrogens is 480 g/mol. The number of aliphatic hydroxyl groups is 1. The zero-order chi connectivity index (χ0) is 25.4. The Morgan fingerprint density at radius 3 is 2.28 bits per heavy atom. The van der Waals surface area contributed by atoms with Crippen LogP contribution in [0.5, 0.6) is 0 Å². The first-order valence-corrected chi connectivity index (χ1v) is 11.7. The molecule has 0 radical (unpaired) electrons. The molecule has 0 aromatic heterocycles. The Morgan fingerprint density at radius 2 is 1.61 bits per heavy atom. The Kier molecular flexibility index (Phi) is 10.8. The molecule has 3 aromatic rings. The predicted octanol–water partition coefficient (Wildman–Crippen LogP) is 0.722. The normalized spacial score (nSPS) is 12.2. The van der Waals surface area contributed by atoms with Crippen LogP contribution < -0.4 is 22.6 Å². The number of hydrogen-bond acceptors (Lipinski definition) is 4. The van der Waals surface area contributed by atoms with E-state index in [-0.39, 0.29) is 54.2 Å². The average Bonchev–Trinajstić information content (AvgIpc) is 2.89. The number of rotatable bonds is 11. The van der Waals surface area contributed by atoms with E-state index in [0.717, 1.165) is 5.56 Å². The van der Waals surface area contributed by atoms with E-state index in [1.54, 1.807) is 49.4 Å². The van der Waals surface area contributed by atoms with Gasteiger partial charge in [-0.05, 0) is 36.8 Å². The number of carboxylic acid groups (broad SMARTS) is 1. The highest BCUT2D eigenvalue weighted by Gasteiger charge is 2.23. The number of carbonyl (C=O) groups is 3. The lowest BCUT2D eigenvalue weighted by atomic mass is 10.0. The number of aliphatic hydroxyl groups excluding tert-OH is 1. The van der Waals surface area contributed by atoms with Crippen molar-refractivity contribution in [1.29, 1.82) is 0 Å². The summed E-state index contributed by atoms with van der Waals surface area (Å²) in [5.74, 6) is -1.51. The van der Waals surface area contributed by atoms with Gasteiger partial charge in [0.1, 0.15) is 12.1 Å². The molecule has 2 atom stereocenters. The van der Waals surface area contributed by atoms with Crippen LogP contribution in [-0.2, 0) is 4.79 Å². The molecule has 0 spiro atoms. The number of carboxylic acids is 1. The number of ketones is 1. The van der Waals surface area contributed by atoms with Crippen LogP contribution in [0.2, 0.25) is 0 Å². The van der Waals surface area contributed by atoms with Gasteiger partial charge in [-0.15, -0.1) is 0 Å². The second-order valence-corrected chi connectivity index (χ2v) is 8.37. The smallest absolute Gasteiger partial charge is 0.337 e. The molecule has 190 valence electrons. The molecular formula is C28H31ClN2O5. The van der Waals surface area contributed by atoms with Crippen molar-refractivity contribution in [2.24, 2.45) is 0 Å². The number of carbonyl (C=O) groups excluding carboxylic acids is 2. The van der Waals surface area contributed by atoms with E-state index in [1.165, 1.54) is 11.0 Å². The molecule has 0 saturated heterocycles. The first-order chi connectivity index (χ1) is 16.8. The summed E-state index contributed by atoms with van der Waals surface area (Å²) in [5.41, 5.74) is 1.97. The Bertz CT molecular complexity index is 1190. The Balaban J connectivity index is 0.00000456. The fourth-order valence-corrected chi connectivity index (χ4v) is 3.95. The van der Waals surface area contributed by atoms with Gasteiger partial charge in [-0.3, -0.25) is 14.5 Å². The van der Waals surface area contributed by atoms with Crippen molar-refractivity contribution in [3.8, 4) is 0 Å². The second-order valence-electron chi connectivity index (χ2n) is 8.37. The van der Waals surface area contributed by atoms with E-state index >= 15 is 0 Å². The predicted molar refractivity (Wildman–Crippen MR) is 134 cm³/mol. The third-order valence-corrected chi connectivity index (χ3v) is 5.90. The van der Waals surface area contributed by atoms with Gasteiger partial charge in [0.25, 0.3) is 0 Å². The van der Waals surface area contributed by atoms with E-state index in [1.807, 2.05) is 42.6 Å². The summed E-state index contributed by atoms with van der Waals surface area (Å²) in [4.78, 5) is 38.8. The standard InChI is InChI=1S/C28H30N2O5.ClH/c1-3-26(32)30(24-15-8-7-14-23(24)28(34)35)22-13-9-12-21(18-22)25(31)16-17-29-19(2)27(33)20-10-5-4-6-11-20;/h4-15,18-19,27,29,33H,3,16-17H2,1-2H3,(H,34,35);1H. The molecule has 36 heavy (non-hydrogen) atoms. The number of halogens is 1. The van der Waals surface area contributed by atoms with Gasteiger partial charge in [0.05, 0.1) is 24.2 Å². The molecule has 8 heteroatoms. The van der Waals surface area contributed by atoms with Gasteiger partial charge in [0, 0.05) is 17.7 Å². The highest BCUT2D eigenvalue weighted by Crippen LogP contribution is 2.30. The van der Waals surface area contributed by atoms with Crippen molar-refractivity contribution in [3.63, 3.8) is 0 Å². The molecule has 1 amide bonds. The maximum Gasteiger partial charge on any atom is 0.337 e. The maximum absolute atomic E-state index is 12.9. The quantitative estimate of drug-likeness (QED) is 0.329. The number of benzene rings is 3. The number of aromatic carboxylic acids is 1. The van der Waals surface area contributed by atoms with E-state index < -0.39 is 12.1 Å². The van der Waals surface area contributed by atoms with Crippen LogP contribution in [0.4, 0.5) is 11.4 Å². The van der Waals surface area contributed by atoms with Gasteiger partial charge < -0.3 is 27.9 Å². The third-order valence-electron chi connectivity index (χ3n) is 5.90. The van der Waals surface area contributed by atoms with E-state index in [9.17, 15) is 24.6 Å². The lowest BCUT2D eigenvalue weighted by Crippen LogP contribution is -3.00. The van der Waals surface area contributed by atoms with Gasteiger partial charge in [-0.25, -0.2) is 4.79 Å². The van der Waals surface area contributed by atoms with E-state index in [2.05, 4.69) is 0 Å². The van der Waals surface area contributed by atoms with Crippen molar-refractivity contribution >= 4 is 29.0 Å². The minimum atomic E-state index is -1.14. The van der Waals surface area contributed by atoms with Crippen molar-refractivity contribution in [2.75, 3.05) is 11.4 Å². The number of hydrogen-bond donors (Lipinski definition) is 3. The van der Waals surface area contributed by atoms with Crippen LogP contribution in [0, 0.1) is 0 Å². The number of Topliss-reactive ketones (excluding diaryl/α,β-unsaturated/α-hetero) is 1. The highest BCUT2D eigenvalue weighted by atomic mass is 35.5. The average molecular weight is 511 g/mol. The number of para-hydroxylation sites is 1. The molecule has 3 rings (SSSR count). The molecule has 0 aliphatic rings. The first kappa shape index (κ1) is 28.7. The molecule has 4 N–H and O–H groups in total. The fourth-order valence-electron chi connectivity index (χ4n) is 3.95. The summed E-state index contributed by atoms with van der Waals surface area (Å²) in [5, 5.41) is 22.1. The fraction of sp³-hybridized carbons (Fsp3) is 0.250. The lowest BCUT2D eigenvalue weighted by Gasteiger charge is -2.24. The second kappa shape index (κ2) is 13.5. The molecule has 0 heterocycles. The Labute approximate surface area is 217 Å². The number of amides is 1. The molecule has 2 unspecified atom stereocenters. The number of nitrogens with two attached hydrogens (primary N) is 1. The molecule has 0 bridgehead atoms. The molecule has 0 aliphatic heterocycles. The summed E-state index contributed by atoms with van der Waals surface area (Å²) in [7, 11) is 0. The summed E-state index contributed by atoms with van der Waals surface area (Å²) in [6.45, 7) is 4.11. The molecule has 0 fully saturated rings. The zero-order valence-electron chi connectivity index (χ0n) is 20.3. The number of quaternary nitrogens is 1. The molecule has 0 aliphatic carbocycles. The van der Waals surface area contributed by atoms with Gasteiger partial charge >= 0.3 is 5.97 Å². The van der Waals surface area contributed by atoms with Crippen molar-refractivity contribution in [1.82, 2.24) is 0 Å². The van der Waals surface area contributed by atoms with Crippen molar-refractivity contribution < 1.29 is 42.3 Å². The summed E-state index contributed by atoms with van der Waals surface area (Å²) >= 11 is 0. The van der Waals surface area contributed by atoms with E-state index in [0.29, 0.717) is 17.8 Å². The number of nitrogens with zero attached hydrogens (tertiary/aromatic N) is 1. The van der Waals surface area contributed by atoms with Crippen molar-refractivity contribution in [2.45, 2.75) is 38.8 Å². The van der Waals surface area contributed by atoms with Crippen molar-refractivity contribution in [3.05, 3.63) is 95.6 Å². The van der Waals surface area contributed by atoms with Gasteiger partial charge in [-0.1, -0.05) is 61.5 Å². The van der Waals surface area contributed by atoms with Crippen LogP contribution in [0.25, 0.3) is 0 Å². The minimum absolute atomic E-state index is 0. The SMILES string of the molecule is CCC(=O)N(c1cccc(C(=O)CC[NH2+]C(C)C(O)c2ccccc2)c1)c1ccccc1C(=O)O.[Cl-]. The van der Waals surface area contributed by atoms with E-state index in [4.69, 9.17) is 0 Å². The Morgan fingerprint density at radius 1 is 0.944 bits per heavy atom.